The summed E-state index contributed by atoms with van der Waals surface area (Å²) in [5.41, 5.74) is 1.90. The second-order valence-corrected chi connectivity index (χ2v) is 8.16. The zero-order chi connectivity index (χ0) is 19.9. The van der Waals surface area contributed by atoms with Gasteiger partial charge in [0.2, 0.25) is 0 Å². The summed E-state index contributed by atoms with van der Waals surface area (Å²) in [5.74, 6) is -0.0544. The van der Waals surface area contributed by atoms with Crippen LogP contribution in [0.4, 0.5) is 5.69 Å². The van der Waals surface area contributed by atoms with E-state index in [-0.39, 0.29) is 16.7 Å². The number of para-hydroxylation sites is 1. The first kappa shape index (κ1) is 20.9. The molecule has 0 aromatic heterocycles. The van der Waals surface area contributed by atoms with Gasteiger partial charge in [0, 0.05) is 25.8 Å². The second-order valence-electron chi connectivity index (χ2n) is 6.47. The van der Waals surface area contributed by atoms with Crippen LogP contribution in [0, 0.1) is 0 Å². The Morgan fingerprint density at radius 1 is 1.07 bits per heavy atom. The van der Waals surface area contributed by atoms with Crippen LogP contribution in [0.3, 0.4) is 0 Å². The molecule has 0 atom stereocenters. The molecule has 0 radical (unpaired) electrons. The Bertz CT molecular complexity index is 862. The molecule has 2 N–H and O–H groups in total. The summed E-state index contributed by atoms with van der Waals surface area (Å²) in [6.45, 7) is 5.08. The Hall–Kier alpha value is -2.38. The molecular weight excluding hydrogens is 364 g/mol. The normalized spacial score (nSPS) is 11.4. The van der Waals surface area contributed by atoms with E-state index in [4.69, 9.17) is 4.74 Å². The second kappa shape index (κ2) is 9.53. The third kappa shape index (κ3) is 5.80. The summed E-state index contributed by atoms with van der Waals surface area (Å²) in [7, 11) is -2.13. The zero-order valence-electron chi connectivity index (χ0n) is 15.9. The lowest BCUT2D eigenvalue weighted by atomic mass is 10.0. The smallest absolute Gasteiger partial charge is 0.261 e. The molecule has 1 amide bonds. The molecule has 0 bridgehead atoms. The quantitative estimate of drug-likeness (QED) is 0.643. The van der Waals surface area contributed by atoms with E-state index in [2.05, 4.69) is 10.0 Å². The number of ether oxygens (including phenoxy) is 1. The fourth-order valence-electron chi connectivity index (χ4n) is 2.60. The summed E-state index contributed by atoms with van der Waals surface area (Å²) < 4.78 is 32.9. The van der Waals surface area contributed by atoms with Crippen LogP contribution in [0.2, 0.25) is 0 Å². The number of carbonyl (C=O) groups is 1. The van der Waals surface area contributed by atoms with Crippen LogP contribution in [-0.4, -0.2) is 34.6 Å². The van der Waals surface area contributed by atoms with Crippen molar-refractivity contribution in [2.75, 3.05) is 25.0 Å². The standard InChI is InChI=1S/C20H26N2O4S/c1-15(2)18-7-4-5-8-19(18)22-27(24,25)17-11-9-16(10-12-17)20(23)21-13-6-14-26-3/h4-5,7-12,15,22H,6,13-14H2,1-3H3,(H,21,23). The van der Waals surface area contributed by atoms with Gasteiger partial charge >= 0.3 is 0 Å². The van der Waals surface area contributed by atoms with Gasteiger partial charge < -0.3 is 10.1 Å². The van der Waals surface area contributed by atoms with Gasteiger partial charge in [-0.1, -0.05) is 32.0 Å². The molecule has 7 heteroatoms. The van der Waals surface area contributed by atoms with Crippen LogP contribution < -0.4 is 10.0 Å². The predicted molar refractivity (Wildman–Crippen MR) is 107 cm³/mol. The monoisotopic (exact) mass is 390 g/mol. The van der Waals surface area contributed by atoms with E-state index < -0.39 is 10.0 Å². The van der Waals surface area contributed by atoms with E-state index in [0.29, 0.717) is 30.8 Å². The average molecular weight is 391 g/mol. The SMILES string of the molecule is COCCCNC(=O)c1ccc(S(=O)(=O)Nc2ccccc2C(C)C)cc1. The highest BCUT2D eigenvalue weighted by molar-refractivity contribution is 7.92. The molecule has 0 saturated carbocycles. The molecule has 0 aliphatic rings. The first-order valence-corrected chi connectivity index (χ1v) is 10.3. The van der Waals surface area contributed by atoms with Gasteiger partial charge in [0.05, 0.1) is 10.6 Å². The van der Waals surface area contributed by atoms with Crippen molar-refractivity contribution >= 4 is 21.6 Å². The van der Waals surface area contributed by atoms with Crippen LogP contribution in [0.1, 0.15) is 42.1 Å². The first-order chi connectivity index (χ1) is 12.8. The van der Waals surface area contributed by atoms with Gasteiger partial charge in [-0.05, 0) is 48.2 Å². The van der Waals surface area contributed by atoms with E-state index in [0.717, 1.165) is 5.56 Å². The summed E-state index contributed by atoms with van der Waals surface area (Å²) in [4.78, 5) is 12.2. The maximum absolute atomic E-state index is 12.7. The number of hydrogen-bond donors (Lipinski definition) is 2. The number of nitrogens with one attached hydrogen (secondary N) is 2. The van der Waals surface area contributed by atoms with E-state index in [9.17, 15) is 13.2 Å². The van der Waals surface area contributed by atoms with Crippen molar-refractivity contribution in [2.45, 2.75) is 31.1 Å². The number of anilines is 1. The predicted octanol–water partition coefficient (Wildman–Crippen LogP) is 3.38. The van der Waals surface area contributed by atoms with Crippen LogP contribution >= 0.6 is 0 Å². The molecule has 2 rings (SSSR count). The Morgan fingerprint density at radius 3 is 2.37 bits per heavy atom. The lowest BCUT2D eigenvalue weighted by Crippen LogP contribution is -2.25. The molecule has 0 aliphatic carbocycles. The number of amides is 1. The van der Waals surface area contributed by atoms with Gasteiger partial charge in [0.1, 0.15) is 0 Å². The van der Waals surface area contributed by atoms with Crippen LogP contribution in [0.15, 0.2) is 53.4 Å². The molecule has 146 valence electrons. The first-order valence-electron chi connectivity index (χ1n) is 8.84. The third-order valence-electron chi connectivity index (χ3n) is 4.06. The van der Waals surface area contributed by atoms with Crippen molar-refractivity contribution in [3.05, 3.63) is 59.7 Å². The molecule has 2 aromatic carbocycles. The molecule has 0 heterocycles. The maximum atomic E-state index is 12.7. The van der Waals surface area contributed by atoms with Gasteiger partial charge in [-0.3, -0.25) is 9.52 Å². The molecule has 0 saturated heterocycles. The molecule has 6 nitrogen and oxygen atoms in total. The molecule has 0 unspecified atom stereocenters. The minimum Gasteiger partial charge on any atom is -0.385 e. The summed E-state index contributed by atoms with van der Waals surface area (Å²) in [6, 6.07) is 13.2. The van der Waals surface area contributed by atoms with E-state index in [1.54, 1.807) is 19.2 Å². The van der Waals surface area contributed by atoms with Crippen LogP contribution in [-0.2, 0) is 14.8 Å². The van der Waals surface area contributed by atoms with Crippen molar-refractivity contribution in [3.63, 3.8) is 0 Å². The lowest BCUT2D eigenvalue weighted by molar-refractivity contribution is 0.0948. The molecule has 2 aromatic rings. The third-order valence-corrected chi connectivity index (χ3v) is 5.45. The molecule has 0 aliphatic heterocycles. The number of benzene rings is 2. The summed E-state index contributed by atoms with van der Waals surface area (Å²) in [5, 5.41) is 2.77. The minimum atomic E-state index is -3.73. The molecule has 0 fully saturated rings. The Morgan fingerprint density at radius 2 is 1.74 bits per heavy atom. The number of carbonyl (C=O) groups excluding carboxylic acids is 1. The maximum Gasteiger partial charge on any atom is 0.261 e. The lowest BCUT2D eigenvalue weighted by Gasteiger charge is -2.15. The Balaban J connectivity index is 2.10. The van der Waals surface area contributed by atoms with E-state index in [1.807, 2.05) is 26.0 Å². The summed E-state index contributed by atoms with van der Waals surface area (Å²) in [6.07, 6.45) is 0.716. The minimum absolute atomic E-state index is 0.108. The van der Waals surface area contributed by atoms with Crippen molar-refractivity contribution in [1.29, 1.82) is 0 Å². The van der Waals surface area contributed by atoms with E-state index in [1.165, 1.54) is 24.3 Å². The zero-order valence-corrected chi connectivity index (χ0v) is 16.7. The number of sulfonamides is 1. The molecule has 27 heavy (non-hydrogen) atoms. The fraction of sp³-hybridized carbons (Fsp3) is 0.350. The van der Waals surface area contributed by atoms with Gasteiger partial charge in [0.15, 0.2) is 0 Å². The van der Waals surface area contributed by atoms with Gasteiger partial charge in [-0.25, -0.2) is 8.42 Å². The number of methoxy groups -OCH3 is 1. The summed E-state index contributed by atoms with van der Waals surface area (Å²) >= 11 is 0. The van der Waals surface area contributed by atoms with E-state index >= 15 is 0 Å². The fourth-order valence-corrected chi connectivity index (χ4v) is 3.69. The van der Waals surface area contributed by atoms with Crippen molar-refractivity contribution in [2.24, 2.45) is 0 Å². The van der Waals surface area contributed by atoms with Crippen molar-refractivity contribution < 1.29 is 17.9 Å². The van der Waals surface area contributed by atoms with Gasteiger partial charge in [-0.15, -0.1) is 0 Å². The van der Waals surface area contributed by atoms with Gasteiger partial charge in [0.25, 0.3) is 15.9 Å². The van der Waals surface area contributed by atoms with Gasteiger partial charge in [-0.2, -0.15) is 0 Å². The highest BCUT2D eigenvalue weighted by Gasteiger charge is 2.17. The Kier molecular flexibility index (Phi) is 7.38. The topological polar surface area (TPSA) is 84.5 Å². The van der Waals surface area contributed by atoms with Crippen LogP contribution in [0.5, 0.6) is 0 Å². The highest BCUT2D eigenvalue weighted by atomic mass is 32.2. The molecule has 0 spiro atoms. The largest absolute Gasteiger partial charge is 0.385 e. The highest BCUT2D eigenvalue weighted by Crippen LogP contribution is 2.26. The van der Waals surface area contributed by atoms with Crippen molar-refractivity contribution in [1.82, 2.24) is 5.32 Å². The van der Waals surface area contributed by atoms with Crippen molar-refractivity contribution in [3.8, 4) is 0 Å². The van der Waals surface area contributed by atoms with Crippen LogP contribution in [0.25, 0.3) is 0 Å². The Labute approximate surface area is 161 Å². The number of rotatable bonds is 9. The molecular formula is C20H26N2O4S. The average Bonchev–Trinajstić information content (AvgIpc) is 2.65. The number of hydrogen-bond acceptors (Lipinski definition) is 4.